The van der Waals surface area contributed by atoms with Crippen LogP contribution in [0, 0.1) is 0 Å². The molecule has 0 bridgehead atoms. The molecule has 0 spiro atoms. The van der Waals surface area contributed by atoms with Gasteiger partial charge in [0.25, 0.3) is 0 Å². The van der Waals surface area contributed by atoms with Gasteiger partial charge in [-0.1, -0.05) is 243 Å². The lowest BCUT2D eigenvalue weighted by molar-refractivity contribution is 0.768. The van der Waals surface area contributed by atoms with Crippen molar-refractivity contribution >= 4 is 27.8 Å². The van der Waals surface area contributed by atoms with Gasteiger partial charge in [0.1, 0.15) is 0 Å². The van der Waals surface area contributed by atoms with E-state index in [1.54, 1.807) is 0 Å². The molecule has 1 nitrogen and oxygen atoms in total. The van der Waals surface area contributed by atoms with Gasteiger partial charge in [0.15, 0.2) is 0 Å². The Hall–Kier alpha value is -8.52. The van der Waals surface area contributed by atoms with E-state index in [1.165, 1.54) is 88.7 Å². The van der Waals surface area contributed by atoms with E-state index in [-0.39, 0.29) is 0 Å². The predicted octanol–water partition coefficient (Wildman–Crippen LogP) is 17.3. The Morgan fingerprint density at radius 2 is 0.758 bits per heavy atom. The minimum atomic E-state index is -0.501. The van der Waals surface area contributed by atoms with E-state index < -0.39 is 5.41 Å². The summed E-state index contributed by atoms with van der Waals surface area (Å²) < 4.78 is 0. The molecule has 0 saturated heterocycles. The largest absolute Gasteiger partial charge is 0.310 e. The molecule has 11 aromatic rings. The lowest BCUT2D eigenvalue weighted by Crippen LogP contribution is -2.28. The van der Waals surface area contributed by atoms with E-state index in [2.05, 4.69) is 278 Å². The Morgan fingerprint density at radius 3 is 1.48 bits per heavy atom. The average Bonchev–Trinajstić information content (AvgIpc) is 3.70. The van der Waals surface area contributed by atoms with Crippen molar-refractivity contribution in [2.24, 2.45) is 0 Å². The maximum atomic E-state index is 2.51. The molecular weight excluding hydrogens is 795 g/mol. The Bertz CT molecular complexity index is 3480. The van der Waals surface area contributed by atoms with Crippen LogP contribution in [0.2, 0.25) is 0 Å². The Labute approximate surface area is 387 Å². The number of anilines is 3. The quantitative estimate of drug-likeness (QED) is 0.140. The van der Waals surface area contributed by atoms with Crippen LogP contribution in [0.4, 0.5) is 17.1 Å². The number of hydrogen-bond donors (Lipinski definition) is 0. The molecule has 0 aliphatic heterocycles. The topological polar surface area (TPSA) is 3.24 Å². The summed E-state index contributed by atoms with van der Waals surface area (Å²) >= 11 is 0. The molecule has 0 radical (unpaired) electrons. The molecule has 0 N–H and O–H groups in total. The predicted molar refractivity (Wildman–Crippen MR) is 278 cm³/mol. The third-order valence-electron chi connectivity index (χ3n) is 13.6. The summed E-state index contributed by atoms with van der Waals surface area (Å²) in [5, 5.41) is 2.46. The van der Waals surface area contributed by atoms with Crippen LogP contribution >= 0.6 is 0 Å². The number of benzene rings is 11. The SMILES string of the molecule is c1ccc(-c2ccccc2-c2c(-c3ccccc3)cccc2N(c2cccc(-c3cccc4ccccc34)c2)c2ccc3c(c2)-c2ccccc2C3(c2ccccc2)c2ccccc2)cc1. The van der Waals surface area contributed by atoms with Gasteiger partial charge in [-0.15, -0.1) is 0 Å². The highest BCUT2D eigenvalue weighted by Crippen LogP contribution is 2.58. The Kier molecular flexibility index (Phi) is 9.81. The van der Waals surface area contributed by atoms with Crippen molar-refractivity contribution in [1.82, 2.24) is 0 Å². The molecule has 66 heavy (non-hydrogen) atoms. The second-order valence-electron chi connectivity index (χ2n) is 17.1. The van der Waals surface area contributed by atoms with Gasteiger partial charge in [-0.3, -0.25) is 0 Å². The molecule has 1 aliphatic carbocycles. The van der Waals surface area contributed by atoms with Crippen LogP contribution in [0.25, 0.3) is 66.4 Å². The molecule has 0 atom stereocenters. The summed E-state index contributed by atoms with van der Waals surface area (Å²) in [6.45, 7) is 0. The summed E-state index contributed by atoms with van der Waals surface area (Å²) in [4.78, 5) is 2.51. The lowest BCUT2D eigenvalue weighted by atomic mass is 9.68. The molecule has 0 unspecified atom stereocenters. The second kappa shape index (κ2) is 16.6. The highest BCUT2D eigenvalue weighted by atomic mass is 15.1. The fourth-order valence-electron chi connectivity index (χ4n) is 10.7. The van der Waals surface area contributed by atoms with Crippen molar-refractivity contribution in [2.75, 3.05) is 4.90 Å². The third-order valence-corrected chi connectivity index (χ3v) is 13.6. The van der Waals surface area contributed by atoms with Gasteiger partial charge >= 0.3 is 0 Å². The lowest BCUT2D eigenvalue weighted by Gasteiger charge is -2.34. The van der Waals surface area contributed by atoms with Crippen molar-refractivity contribution < 1.29 is 0 Å². The molecule has 310 valence electrons. The van der Waals surface area contributed by atoms with Gasteiger partial charge in [-0.25, -0.2) is 0 Å². The van der Waals surface area contributed by atoms with Gasteiger partial charge in [0.05, 0.1) is 11.1 Å². The van der Waals surface area contributed by atoms with E-state index >= 15 is 0 Å². The zero-order valence-corrected chi connectivity index (χ0v) is 36.4. The van der Waals surface area contributed by atoms with Crippen molar-refractivity contribution in [3.63, 3.8) is 0 Å². The van der Waals surface area contributed by atoms with E-state index in [1.807, 2.05) is 0 Å². The van der Waals surface area contributed by atoms with Crippen molar-refractivity contribution in [3.8, 4) is 55.6 Å². The van der Waals surface area contributed by atoms with Crippen LogP contribution in [-0.2, 0) is 5.41 Å². The minimum absolute atomic E-state index is 0.501. The average molecular weight is 840 g/mol. The molecule has 1 aliphatic rings. The van der Waals surface area contributed by atoms with E-state index in [0.717, 1.165) is 17.1 Å². The minimum Gasteiger partial charge on any atom is -0.310 e. The monoisotopic (exact) mass is 839 g/mol. The number of rotatable bonds is 9. The Balaban J connectivity index is 1.16. The van der Waals surface area contributed by atoms with Crippen LogP contribution in [-0.4, -0.2) is 0 Å². The summed E-state index contributed by atoms with van der Waals surface area (Å²) in [6.07, 6.45) is 0. The van der Waals surface area contributed by atoms with Crippen LogP contribution in [0.1, 0.15) is 22.3 Å². The van der Waals surface area contributed by atoms with Gasteiger partial charge in [-0.2, -0.15) is 0 Å². The van der Waals surface area contributed by atoms with Gasteiger partial charge in [0.2, 0.25) is 0 Å². The van der Waals surface area contributed by atoms with Crippen molar-refractivity contribution in [1.29, 1.82) is 0 Å². The summed E-state index contributed by atoms with van der Waals surface area (Å²) in [5.74, 6) is 0. The summed E-state index contributed by atoms with van der Waals surface area (Å²) in [6, 6.07) is 100. The molecule has 0 aromatic heterocycles. The molecule has 1 heteroatoms. The third kappa shape index (κ3) is 6.47. The van der Waals surface area contributed by atoms with Crippen LogP contribution in [0.5, 0.6) is 0 Å². The first-order valence-corrected chi connectivity index (χ1v) is 22.8. The second-order valence-corrected chi connectivity index (χ2v) is 17.1. The van der Waals surface area contributed by atoms with Crippen molar-refractivity contribution in [3.05, 3.63) is 295 Å². The number of nitrogens with zero attached hydrogens (tertiary/aromatic N) is 1. The first-order valence-electron chi connectivity index (χ1n) is 22.8. The number of fused-ring (bicyclic) bond motifs is 4. The van der Waals surface area contributed by atoms with E-state index in [4.69, 9.17) is 0 Å². The van der Waals surface area contributed by atoms with E-state index in [0.29, 0.717) is 0 Å². The highest BCUT2D eigenvalue weighted by molar-refractivity contribution is 6.03. The molecular formula is C65H45N. The van der Waals surface area contributed by atoms with E-state index in [9.17, 15) is 0 Å². The van der Waals surface area contributed by atoms with Crippen LogP contribution < -0.4 is 4.90 Å². The molecule has 0 amide bonds. The normalized spacial score (nSPS) is 12.4. The number of hydrogen-bond acceptors (Lipinski definition) is 1. The van der Waals surface area contributed by atoms with Gasteiger partial charge in [0, 0.05) is 16.9 Å². The summed E-state index contributed by atoms with van der Waals surface area (Å²) in [5.41, 5.74) is 19.7. The molecule has 0 fully saturated rings. The molecule has 12 rings (SSSR count). The van der Waals surface area contributed by atoms with Gasteiger partial charge < -0.3 is 4.90 Å². The standard InChI is InChI=1S/C65H45N/c1-5-22-46(23-6-1)55-35-15-16-37-59(55)64-57(48-24-7-2-8-25-48)39-21-41-63(64)66(52-33-19-28-49(44-52)56-38-20-27-47-26-13-14-34-54(47)56)53-42-43-62-60(45-53)58-36-17-18-40-61(58)65(62,50-29-9-3-10-30-50)51-31-11-4-12-32-51/h1-45H. The maximum Gasteiger partial charge on any atom is 0.0713 e. The fourth-order valence-corrected chi connectivity index (χ4v) is 10.7. The molecule has 0 saturated carbocycles. The van der Waals surface area contributed by atoms with Gasteiger partial charge in [-0.05, 0) is 113 Å². The van der Waals surface area contributed by atoms with Crippen molar-refractivity contribution in [2.45, 2.75) is 5.41 Å². The first-order chi connectivity index (χ1) is 32.8. The Morgan fingerprint density at radius 1 is 0.273 bits per heavy atom. The molecule has 0 heterocycles. The zero-order chi connectivity index (χ0) is 43.9. The first kappa shape index (κ1) is 39.1. The van der Waals surface area contributed by atoms with Crippen LogP contribution in [0.15, 0.2) is 273 Å². The smallest absolute Gasteiger partial charge is 0.0713 e. The fraction of sp³-hybridized carbons (Fsp3) is 0.0154. The molecule has 11 aromatic carbocycles. The highest BCUT2D eigenvalue weighted by Gasteiger charge is 2.46. The maximum absolute atomic E-state index is 2.51. The van der Waals surface area contributed by atoms with Crippen LogP contribution in [0.3, 0.4) is 0 Å². The summed E-state index contributed by atoms with van der Waals surface area (Å²) in [7, 11) is 0. The zero-order valence-electron chi connectivity index (χ0n) is 36.4.